The summed E-state index contributed by atoms with van der Waals surface area (Å²) >= 11 is 0. The first-order valence-corrected chi connectivity index (χ1v) is 6.52. The number of para-hydroxylation sites is 2. The van der Waals surface area contributed by atoms with Crippen molar-refractivity contribution in [3.8, 4) is 0 Å². The number of amides is 1. The molecule has 3 aromatic rings. The van der Waals surface area contributed by atoms with E-state index in [1.165, 1.54) is 0 Å². The molecule has 0 aliphatic rings. The zero-order valence-corrected chi connectivity index (χ0v) is 11.4. The molecule has 100 valence electrons. The third-order valence-electron chi connectivity index (χ3n) is 3.44. The Morgan fingerprint density at radius 3 is 2.45 bits per heavy atom. The van der Waals surface area contributed by atoms with Gasteiger partial charge in [0, 0.05) is 16.6 Å². The second-order valence-electron chi connectivity index (χ2n) is 4.82. The highest BCUT2D eigenvalue weighted by atomic mass is 16.3. The van der Waals surface area contributed by atoms with Gasteiger partial charge in [-0.15, -0.1) is 0 Å². The molecular weight excluding hydrogens is 250 g/mol. The Morgan fingerprint density at radius 2 is 1.70 bits per heavy atom. The van der Waals surface area contributed by atoms with Crippen molar-refractivity contribution in [1.29, 1.82) is 0 Å². The van der Waals surface area contributed by atoms with Crippen LogP contribution in [0.4, 0.5) is 5.69 Å². The summed E-state index contributed by atoms with van der Waals surface area (Å²) < 4.78 is 5.66. The second kappa shape index (κ2) is 4.85. The maximum absolute atomic E-state index is 12.4. The summed E-state index contributed by atoms with van der Waals surface area (Å²) in [7, 11) is 0. The average molecular weight is 265 g/mol. The maximum atomic E-state index is 12.4. The molecule has 3 heteroatoms. The largest absolute Gasteiger partial charge is 0.451 e. The van der Waals surface area contributed by atoms with E-state index in [1.807, 2.05) is 62.4 Å². The quantitative estimate of drug-likeness (QED) is 0.750. The van der Waals surface area contributed by atoms with Gasteiger partial charge in [0.15, 0.2) is 5.76 Å². The minimum atomic E-state index is -0.215. The van der Waals surface area contributed by atoms with E-state index in [2.05, 4.69) is 5.32 Å². The lowest BCUT2D eigenvalue weighted by Gasteiger charge is -2.06. The molecule has 0 atom stereocenters. The molecule has 0 radical (unpaired) electrons. The lowest BCUT2D eigenvalue weighted by molar-refractivity contribution is 0.0998. The van der Waals surface area contributed by atoms with Crippen LogP contribution in [0.2, 0.25) is 0 Å². The topological polar surface area (TPSA) is 42.2 Å². The standard InChI is InChI=1S/C17H15NO2/c1-11-7-3-5-9-14(11)18-17(19)16-12(2)13-8-4-6-10-15(13)20-16/h3-10H,1-2H3,(H,18,19). The van der Waals surface area contributed by atoms with Crippen LogP contribution in [0, 0.1) is 13.8 Å². The molecule has 0 unspecified atom stereocenters. The highest BCUT2D eigenvalue weighted by Crippen LogP contribution is 2.26. The number of hydrogen-bond donors (Lipinski definition) is 1. The normalized spacial score (nSPS) is 10.7. The molecule has 3 nitrogen and oxygen atoms in total. The van der Waals surface area contributed by atoms with Crippen molar-refractivity contribution in [2.75, 3.05) is 5.32 Å². The first-order valence-electron chi connectivity index (χ1n) is 6.52. The van der Waals surface area contributed by atoms with Crippen LogP contribution in [0.1, 0.15) is 21.7 Å². The third-order valence-corrected chi connectivity index (χ3v) is 3.44. The van der Waals surface area contributed by atoms with E-state index in [9.17, 15) is 4.79 Å². The van der Waals surface area contributed by atoms with Gasteiger partial charge in [-0.1, -0.05) is 36.4 Å². The summed E-state index contributed by atoms with van der Waals surface area (Å²) in [4.78, 5) is 12.4. The molecule has 0 aliphatic carbocycles. The summed E-state index contributed by atoms with van der Waals surface area (Å²) in [5, 5.41) is 3.87. The van der Waals surface area contributed by atoms with Crippen molar-refractivity contribution in [1.82, 2.24) is 0 Å². The molecule has 0 saturated heterocycles. The smallest absolute Gasteiger partial charge is 0.291 e. The van der Waals surface area contributed by atoms with Crippen molar-refractivity contribution in [2.45, 2.75) is 13.8 Å². The number of furan rings is 1. The Bertz CT molecular complexity index is 787. The average Bonchev–Trinajstić information content (AvgIpc) is 2.79. The van der Waals surface area contributed by atoms with Gasteiger partial charge < -0.3 is 9.73 Å². The zero-order chi connectivity index (χ0) is 14.1. The molecule has 0 bridgehead atoms. The predicted octanol–water partition coefficient (Wildman–Crippen LogP) is 4.30. The number of anilines is 1. The Morgan fingerprint density at radius 1 is 1.00 bits per heavy atom. The SMILES string of the molecule is Cc1ccccc1NC(=O)c1oc2ccccc2c1C. The number of nitrogens with one attached hydrogen (secondary N) is 1. The highest BCUT2D eigenvalue weighted by Gasteiger charge is 2.17. The van der Waals surface area contributed by atoms with E-state index >= 15 is 0 Å². The predicted molar refractivity (Wildman–Crippen MR) is 80.1 cm³/mol. The van der Waals surface area contributed by atoms with Gasteiger partial charge in [-0.25, -0.2) is 0 Å². The van der Waals surface area contributed by atoms with E-state index in [0.29, 0.717) is 5.76 Å². The van der Waals surface area contributed by atoms with Crippen LogP contribution in [-0.4, -0.2) is 5.91 Å². The van der Waals surface area contributed by atoms with E-state index in [1.54, 1.807) is 0 Å². The van der Waals surface area contributed by atoms with Crippen LogP contribution in [0.15, 0.2) is 52.9 Å². The molecule has 2 aromatic carbocycles. The Kier molecular flexibility index (Phi) is 3.03. The number of carbonyl (C=O) groups is 1. The van der Waals surface area contributed by atoms with Crippen LogP contribution in [0.5, 0.6) is 0 Å². The number of aryl methyl sites for hydroxylation is 2. The number of rotatable bonds is 2. The fourth-order valence-electron chi connectivity index (χ4n) is 2.28. The fourth-order valence-corrected chi connectivity index (χ4v) is 2.28. The molecule has 0 aliphatic heterocycles. The van der Waals surface area contributed by atoms with Crippen LogP contribution in [0.25, 0.3) is 11.0 Å². The first-order chi connectivity index (χ1) is 9.66. The van der Waals surface area contributed by atoms with Gasteiger partial charge in [-0.05, 0) is 31.5 Å². The van der Waals surface area contributed by atoms with Gasteiger partial charge in [0.25, 0.3) is 5.91 Å². The van der Waals surface area contributed by atoms with Gasteiger partial charge in [-0.3, -0.25) is 4.79 Å². The minimum absolute atomic E-state index is 0.215. The van der Waals surface area contributed by atoms with Gasteiger partial charge in [0.05, 0.1) is 0 Å². The molecule has 1 heterocycles. The van der Waals surface area contributed by atoms with Crippen molar-refractivity contribution >= 4 is 22.6 Å². The van der Waals surface area contributed by atoms with Crippen molar-refractivity contribution in [3.05, 3.63) is 65.4 Å². The zero-order valence-electron chi connectivity index (χ0n) is 11.4. The first kappa shape index (κ1) is 12.5. The Hall–Kier alpha value is -2.55. The molecule has 1 aromatic heterocycles. The van der Waals surface area contributed by atoms with E-state index < -0.39 is 0 Å². The molecule has 0 fully saturated rings. The molecule has 3 rings (SSSR count). The lowest BCUT2D eigenvalue weighted by Crippen LogP contribution is -2.12. The van der Waals surface area contributed by atoms with E-state index in [-0.39, 0.29) is 5.91 Å². The monoisotopic (exact) mass is 265 g/mol. The van der Waals surface area contributed by atoms with E-state index in [4.69, 9.17) is 4.42 Å². The molecule has 1 N–H and O–H groups in total. The van der Waals surface area contributed by atoms with Crippen LogP contribution < -0.4 is 5.32 Å². The van der Waals surface area contributed by atoms with Crippen molar-refractivity contribution in [3.63, 3.8) is 0 Å². The second-order valence-corrected chi connectivity index (χ2v) is 4.82. The number of fused-ring (bicyclic) bond motifs is 1. The third kappa shape index (κ3) is 2.07. The molecular formula is C17H15NO2. The van der Waals surface area contributed by atoms with Gasteiger partial charge in [0.1, 0.15) is 5.58 Å². The van der Waals surface area contributed by atoms with Crippen molar-refractivity contribution < 1.29 is 9.21 Å². The highest BCUT2D eigenvalue weighted by molar-refractivity contribution is 6.06. The molecule has 20 heavy (non-hydrogen) atoms. The van der Waals surface area contributed by atoms with E-state index in [0.717, 1.165) is 27.8 Å². The summed E-state index contributed by atoms with van der Waals surface area (Å²) in [6.45, 7) is 3.86. The summed E-state index contributed by atoms with van der Waals surface area (Å²) in [5.74, 6) is 0.155. The molecule has 0 saturated carbocycles. The summed E-state index contributed by atoms with van der Waals surface area (Å²) in [5.41, 5.74) is 3.43. The molecule has 0 spiro atoms. The van der Waals surface area contributed by atoms with Crippen LogP contribution in [-0.2, 0) is 0 Å². The number of carbonyl (C=O) groups excluding carboxylic acids is 1. The summed E-state index contributed by atoms with van der Waals surface area (Å²) in [6.07, 6.45) is 0. The molecule has 1 amide bonds. The van der Waals surface area contributed by atoms with Crippen LogP contribution in [0.3, 0.4) is 0 Å². The number of benzene rings is 2. The Balaban J connectivity index is 1.97. The van der Waals surface area contributed by atoms with Crippen LogP contribution >= 0.6 is 0 Å². The van der Waals surface area contributed by atoms with Crippen molar-refractivity contribution in [2.24, 2.45) is 0 Å². The van der Waals surface area contributed by atoms with Gasteiger partial charge in [-0.2, -0.15) is 0 Å². The minimum Gasteiger partial charge on any atom is -0.451 e. The lowest BCUT2D eigenvalue weighted by atomic mass is 10.1. The van der Waals surface area contributed by atoms with Gasteiger partial charge in [0.2, 0.25) is 0 Å². The van der Waals surface area contributed by atoms with Gasteiger partial charge >= 0.3 is 0 Å². The summed E-state index contributed by atoms with van der Waals surface area (Å²) in [6, 6.07) is 15.3. The fraction of sp³-hybridized carbons (Fsp3) is 0.118. The number of hydrogen-bond acceptors (Lipinski definition) is 2. The Labute approximate surface area is 117 Å². The maximum Gasteiger partial charge on any atom is 0.291 e.